The Morgan fingerprint density at radius 2 is 2.56 bits per heavy atom. The Morgan fingerprint density at radius 1 is 1.89 bits per heavy atom. The van der Waals surface area contributed by atoms with E-state index in [9.17, 15) is 4.79 Å². The Hall–Kier alpha value is -0.680. The van der Waals surface area contributed by atoms with Gasteiger partial charge in [0.1, 0.15) is 0 Å². The highest BCUT2D eigenvalue weighted by atomic mass is 32.1. The molecule has 1 heterocycles. The maximum absolute atomic E-state index is 10.5. The van der Waals surface area contributed by atoms with Crippen LogP contribution in [0.1, 0.15) is 0 Å². The molecule has 3 N–H and O–H groups in total. The van der Waals surface area contributed by atoms with E-state index >= 15 is 0 Å². The number of carbonyl (C=O) groups excluding carboxylic acids is 1. The van der Waals surface area contributed by atoms with Gasteiger partial charge in [-0.05, 0) is 0 Å². The summed E-state index contributed by atoms with van der Waals surface area (Å²) in [4.78, 5) is 10.5. The van der Waals surface area contributed by atoms with Crippen LogP contribution in [-0.2, 0) is 4.79 Å². The van der Waals surface area contributed by atoms with Crippen molar-refractivity contribution in [3.63, 3.8) is 0 Å². The molecule has 9 heavy (non-hydrogen) atoms. The molecule has 5 heteroatoms. The zero-order valence-electron chi connectivity index (χ0n) is 4.61. The average molecular weight is 145 g/mol. The first-order valence-corrected chi connectivity index (χ1v) is 2.91. The van der Waals surface area contributed by atoms with Gasteiger partial charge in [0.05, 0.1) is 0 Å². The van der Waals surface area contributed by atoms with E-state index in [0.29, 0.717) is 0 Å². The fourth-order valence-electron chi connectivity index (χ4n) is 0.485. The summed E-state index contributed by atoms with van der Waals surface area (Å²) in [6, 6.07) is 0. The number of hydrogen-bond acceptors (Lipinski definition) is 4. The van der Waals surface area contributed by atoms with Crippen molar-refractivity contribution in [3.05, 3.63) is 12.3 Å². The number of rotatable bonds is 0. The van der Waals surface area contributed by atoms with Crippen LogP contribution in [0.4, 0.5) is 0 Å². The summed E-state index contributed by atoms with van der Waals surface area (Å²) in [6.07, 6.45) is 2.81. The van der Waals surface area contributed by atoms with E-state index < -0.39 is 5.50 Å². The van der Waals surface area contributed by atoms with Gasteiger partial charge in [0, 0.05) is 12.3 Å². The second kappa shape index (κ2) is 2.28. The number of amides is 1. The van der Waals surface area contributed by atoms with Gasteiger partial charge in [-0.2, -0.15) is 0 Å². The predicted molar refractivity (Wildman–Crippen MR) is 36.1 cm³/mol. The number of hydrogen-bond donors (Lipinski definition) is 3. The number of thiol groups is 1. The fourth-order valence-corrected chi connectivity index (χ4v) is 0.689. The molecule has 1 amide bonds. The van der Waals surface area contributed by atoms with Crippen molar-refractivity contribution in [1.29, 1.82) is 0 Å². The maximum Gasteiger partial charge on any atom is 0.247 e. The van der Waals surface area contributed by atoms with Crippen LogP contribution in [0.2, 0.25) is 0 Å². The average Bonchev–Trinajstić information content (AvgIpc) is 1.80. The van der Waals surface area contributed by atoms with Crippen LogP contribution in [0.15, 0.2) is 12.3 Å². The molecular weight excluding hydrogens is 138 g/mol. The van der Waals surface area contributed by atoms with Crippen molar-refractivity contribution in [2.24, 2.45) is 5.84 Å². The lowest BCUT2D eigenvalue weighted by Gasteiger charge is -2.24. The highest BCUT2D eigenvalue weighted by molar-refractivity contribution is 7.80. The van der Waals surface area contributed by atoms with Crippen LogP contribution in [0.3, 0.4) is 0 Å². The molecule has 0 aliphatic carbocycles. The molecule has 0 fully saturated rings. The molecule has 1 atom stereocenters. The van der Waals surface area contributed by atoms with Crippen molar-refractivity contribution < 1.29 is 4.79 Å². The Bertz CT molecular complexity index is 158. The SMILES string of the molecule is NN1C=CC(=O)NC1S. The molecule has 1 aliphatic heterocycles. The number of nitrogens with two attached hydrogens (primary N) is 1. The molecule has 1 unspecified atom stereocenters. The number of nitrogens with zero attached hydrogens (tertiary/aromatic N) is 1. The third kappa shape index (κ3) is 1.36. The number of nitrogens with one attached hydrogen (secondary N) is 1. The summed E-state index contributed by atoms with van der Waals surface area (Å²) in [7, 11) is 0. The molecule has 0 bridgehead atoms. The first-order chi connectivity index (χ1) is 4.20. The van der Waals surface area contributed by atoms with E-state index in [1.807, 2.05) is 0 Å². The summed E-state index contributed by atoms with van der Waals surface area (Å²) < 4.78 is 0. The van der Waals surface area contributed by atoms with E-state index in [2.05, 4.69) is 17.9 Å². The summed E-state index contributed by atoms with van der Waals surface area (Å²) in [5.41, 5.74) is -0.400. The van der Waals surface area contributed by atoms with Crippen LogP contribution >= 0.6 is 12.6 Å². The molecule has 1 aliphatic rings. The van der Waals surface area contributed by atoms with E-state index in [-0.39, 0.29) is 5.91 Å². The van der Waals surface area contributed by atoms with Gasteiger partial charge in [-0.3, -0.25) is 9.80 Å². The standard InChI is InChI=1S/C4H7N3OS/c5-7-2-1-3(8)6-4(7)9/h1-2,4,9H,5H2,(H,6,8). The molecule has 0 aromatic rings. The summed E-state index contributed by atoms with van der Waals surface area (Å²) in [5.74, 6) is 5.13. The Labute approximate surface area is 58.1 Å². The van der Waals surface area contributed by atoms with Gasteiger partial charge >= 0.3 is 0 Å². The fraction of sp³-hybridized carbons (Fsp3) is 0.250. The van der Waals surface area contributed by atoms with Crippen LogP contribution in [0, 0.1) is 0 Å². The van der Waals surface area contributed by atoms with Gasteiger partial charge in [-0.25, -0.2) is 5.84 Å². The molecule has 0 aromatic carbocycles. The normalized spacial score (nSPS) is 26.2. The molecule has 50 valence electrons. The van der Waals surface area contributed by atoms with Gasteiger partial charge in [0.15, 0.2) is 5.50 Å². The smallest absolute Gasteiger partial charge is 0.247 e. The molecule has 0 saturated heterocycles. The minimum Gasteiger partial charge on any atom is -0.323 e. The second-order valence-corrected chi connectivity index (χ2v) is 2.13. The Morgan fingerprint density at radius 3 is 3.00 bits per heavy atom. The van der Waals surface area contributed by atoms with E-state index in [1.165, 1.54) is 17.3 Å². The zero-order valence-corrected chi connectivity index (χ0v) is 5.51. The Kier molecular flexibility index (Phi) is 1.63. The second-order valence-electron chi connectivity index (χ2n) is 1.65. The molecule has 0 spiro atoms. The van der Waals surface area contributed by atoms with Gasteiger partial charge in [0.25, 0.3) is 0 Å². The van der Waals surface area contributed by atoms with Crippen LogP contribution < -0.4 is 11.2 Å². The predicted octanol–water partition coefficient (Wildman–Crippen LogP) is -0.981. The van der Waals surface area contributed by atoms with Crippen LogP contribution in [0.5, 0.6) is 0 Å². The number of carbonyl (C=O) groups is 1. The van der Waals surface area contributed by atoms with Gasteiger partial charge in [-0.1, -0.05) is 0 Å². The number of hydrazine groups is 1. The van der Waals surface area contributed by atoms with E-state index in [0.717, 1.165) is 0 Å². The third-order valence-corrected chi connectivity index (χ3v) is 1.35. The van der Waals surface area contributed by atoms with Crippen molar-refractivity contribution >= 4 is 18.5 Å². The van der Waals surface area contributed by atoms with E-state index in [4.69, 9.17) is 5.84 Å². The van der Waals surface area contributed by atoms with Crippen molar-refractivity contribution in [2.75, 3.05) is 0 Å². The summed E-state index contributed by atoms with van der Waals surface area (Å²) in [5, 5.41) is 3.76. The van der Waals surface area contributed by atoms with Gasteiger partial charge in [-0.15, -0.1) is 12.6 Å². The first-order valence-electron chi connectivity index (χ1n) is 2.40. The minimum atomic E-state index is -0.400. The minimum absolute atomic E-state index is 0.170. The molecule has 0 saturated carbocycles. The van der Waals surface area contributed by atoms with E-state index in [1.54, 1.807) is 0 Å². The summed E-state index contributed by atoms with van der Waals surface area (Å²) in [6.45, 7) is 0. The van der Waals surface area contributed by atoms with Crippen molar-refractivity contribution in [1.82, 2.24) is 10.3 Å². The molecule has 4 nitrogen and oxygen atoms in total. The quantitative estimate of drug-likeness (QED) is 0.303. The van der Waals surface area contributed by atoms with Crippen molar-refractivity contribution in [2.45, 2.75) is 5.50 Å². The van der Waals surface area contributed by atoms with Crippen LogP contribution in [-0.4, -0.2) is 16.4 Å². The first kappa shape index (κ1) is 6.44. The monoisotopic (exact) mass is 145 g/mol. The lowest BCUT2D eigenvalue weighted by molar-refractivity contribution is -0.118. The van der Waals surface area contributed by atoms with Gasteiger partial charge in [0.2, 0.25) is 5.91 Å². The Balaban J connectivity index is 2.65. The van der Waals surface area contributed by atoms with Crippen molar-refractivity contribution in [3.8, 4) is 0 Å². The topological polar surface area (TPSA) is 58.4 Å². The molecular formula is C4H7N3OS. The summed E-state index contributed by atoms with van der Waals surface area (Å²) >= 11 is 3.93. The highest BCUT2D eigenvalue weighted by Gasteiger charge is 2.12. The maximum atomic E-state index is 10.5. The molecule has 1 rings (SSSR count). The largest absolute Gasteiger partial charge is 0.323 e. The van der Waals surface area contributed by atoms with Crippen LogP contribution in [0.25, 0.3) is 0 Å². The molecule has 0 aromatic heterocycles. The van der Waals surface area contributed by atoms with Gasteiger partial charge < -0.3 is 5.32 Å². The third-order valence-electron chi connectivity index (χ3n) is 0.952. The lowest BCUT2D eigenvalue weighted by Crippen LogP contribution is -2.48. The zero-order chi connectivity index (χ0) is 6.85. The molecule has 0 radical (unpaired) electrons. The lowest BCUT2D eigenvalue weighted by atomic mass is 10.5. The highest BCUT2D eigenvalue weighted by Crippen LogP contribution is 1.99.